The number of hydrogen-bond acceptors (Lipinski definition) is 4. The van der Waals surface area contributed by atoms with E-state index in [4.69, 9.17) is 5.26 Å². The van der Waals surface area contributed by atoms with Crippen molar-refractivity contribution in [2.75, 3.05) is 0 Å². The Labute approximate surface area is 81.7 Å². The topological polar surface area (TPSA) is 46.5 Å². The monoisotopic (exact) mass is 198 g/mol. The molecule has 0 bridgehead atoms. The molecule has 0 aliphatic rings. The number of hydrogen-bond donors (Lipinski definition) is 2. The van der Waals surface area contributed by atoms with Crippen LogP contribution >= 0.6 is 12.6 Å². The number of rotatable bonds is 4. The lowest BCUT2D eigenvalue weighted by atomic mass is 10.1. The van der Waals surface area contributed by atoms with Crippen LogP contribution in [0.3, 0.4) is 0 Å². The van der Waals surface area contributed by atoms with Crippen LogP contribution in [-0.4, -0.2) is 16.8 Å². The molecule has 1 atom stereocenters. The van der Waals surface area contributed by atoms with Crippen molar-refractivity contribution in [2.45, 2.75) is 11.7 Å². The molecule has 0 amide bonds. The lowest BCUT2D eigenvalue weighted by molar-refractivity contribution is -0.137. The van der Waals surface area contributed by atoms with E-state index in [2.05, 4.69) is 17.5 Å². The zero-order chi connectivity index (χ0) is 9.68. The first-order valence-electron chi connectivity index (χ1n) is 3.80. The molecule has 0 saturated heterocycles. The number of benzene rings is 1. The Morgan fingerprint density at radius 3 is 2.54 bits per heavy atom. The van der Waals surface area contributed by atoms with Crippen LogP contribution in [0.15, 0.2) is 24.3 Å². The van der Waals surface area contributed by atoms with Gasteiger partial charge >= 0.3 is 0 Å². The van der Waals surface area contributed by atoms with Gasteiger partial charge in [0.05, 0.1) is 5.25 Å². The molecule has 0 aliphatic heterocycles. The highest BCUT2D eigenvalue weighted by atomic mass is 32.1. The molecule has 1 unspecified atom stereocenters. The first-order chi connectivity index (χ1) is 6.26. The second-order valence-electron chi connectivity index (χ2n) is 2.64. The fourth-order valence-electron chi connectivity index (χ4n) is 0.976. The maximum absolute atomic E-state index is 10.3. The lowest BCUT2D eigenvalue weighted by Crippen LogP contribution is -2.04. The minimum Gasteiger partial charge on any atom is -0.340 e. The van der Waals surface area contributed by atoms with E-state index in [0.717, 1.165) is 11.8 Å². The van der Waals surface area contributed by atoms with Crippen molar-refractivity contribution in [1.29, 1.82) is 0 Å². The molecule has 4 heteroatoms. The predicted octanol–water partition coefficient (Wildman–Crippen LogP) is 1.58. The summed E-state index contributed by atoms with van der Waals surface area (Å²) in [4.78, 5) is 14.3. The molecule has 0 fully saturated rings. The standard InChI is InChI=1S/C9H10O3S/c10-6-9(13)5-7-1-3-8(12-11)4-2-7/h1-4,6,9,11,13H,5H2. The largest absolute Gasteiger partial charge is 0.340 e. The van der Waals surface area contributed by atoms with Gasteiger partial charge in [-0.1, -0.05) is 12.1 Å². The van der Waals surface area contributed by atoms with E-state index in [9.17, 15) is 4.79 Å². The van der Waals surface area contributed by atoms with Gasteiger partial charge in [0.1, 0.15) is 6.29 Å². The molecule has 13 heavy (non-hydrogen) atoms. The van der Waals surface area contributed by atoms with Crippen LogP contribution < -0.4 is 4.89 Å². The zero-order valence-corrected chi connectivity index (χ0v) is 7.78. The minimum atomic E-state index is -0.277. The van der Waals surface area contributed by atoms with Crippen LogP contribution in [0.2, 0.25) is 0 Å². The zero-order valence-electron chi connectivity index (χ0n) is 6.88. The number of thiol groups is 1. The van der Waals surface area contributed by atoms with Gasteiger partial charge in [-0.05, 0) is 24.1 Å². The number of carbonyl (C=O) groups is 1. The Morgan fingerprint density at radius 1 is 1.46 bits per heavy atom. The predicted molar refractivity (Wildman–Crippen MR) is 52.2 cm³/mol. The third-order valence-corrected chi connectivity index (χ3v) is 1.93. The van der Waals surface area contributed by atoms with Crippen molar-refractivity contribution in [3.8, 4) is 5.75 Å². The molecular formula is C9H10O3S. The van der Waals surface area contributed by atoms with E-state index >= 15 is 0 Å². The Bertz CT molecular complexity index is 271. The summed E-state index contributed by atoms with van der Waals surface area (Å²) in [5.74, 6) is 0.380. The minimum absolute atomic E-state index is 0.277. The molecule has 1 N–H and O–H groups in total. The molecule has 1 aromatic rings. The third-order valence-electron chi connectivity index (χ3n) is 1.63. The molecule has 70 valence electrons. The molecule has 0 aliphatic carbocycles. The molecule has 0 heterocycles. The molecule has 3 nitrogen and oxygen atoms in total. The Kier molecular flexibility index (Phi) is 3.79. The second kappa shape index (κ2) is 4.89. The SMILES string of the molecule is O=CC(S)Cc1ccc(OO)cc1. The molecular weight excluding hydrogens is 188 g/mol. The summed E-state index contributed by atoms with van der Waals surface area (Å²) in [6.45, 7) is 0. The quantitative estimate of drug-likeness (QED) is 0.334. The maximum Gasteiger partial charge on any atom is 0.165 e. The van der Waals surface area contributed by atoms with E-state index in [1.165, 1.54) is 0 Å². The van der Waals surface area contributed by atoms with E-state index in [-0.39, 0.29) is 5.25 Å². The van der Waals surface area contributed by atoms with Gasteiger partial charge in [-0.3, -0.25) is 0 Å². The van der Waals surface area contributed by atoms with Crippen molar-refractivity contribution in [1.82, 2.24) is 0 Å². The molecule has 1 aromatic carbocycles. The average Bonchev–Trinajstić information content (AvgIpc) is 2.19. The smallest absolute Gasteiger partial charge is 0.165 e. The average molecular weight is 198 g/mol. The van der Waals surface area contributed by atoms with Gasteiger partial charge in [0, 0.05) is 0 Å². The van der Waals surface area contributed by atoms with Crippen molar-refractivity contribution in [3.05, 3.63) is 29.8 Å². The highest BCUT2D eigenvalue weighted by Gasteiger charge is 2.02. The second-order valence-corrected chi connectivity index (χ2v) is 3.31. The van der Waals surface area contributed by atoms with Crippen LogP contribution in [0.5, 0.6) is 5.75 Å². The van der Waals surface area contributed by atoms with E-state index in [0.29, 0.717) is 12.2 Å². The van der Waals surface area contributed by atoms with Gasteiger partial charge in [0.15, 0.2) is 5.75 Å². The van der Waals surface area contributed by atoms with Gasteiger partial charge < -0.3 is 9.68 Å². The molecule has 0 saturated carbocycles. The van der Waals surface area contributed by atoms with Crippen molar-refractivity contribution in [2.24, 2.45) is 0 Å². The van der Waals surface area contributed by atoms with Crippen molar-refractivity contribution in [3.63, 3.8) is 0 Å². The number of carbonyl (C=O) groups excluding carboxylic acids is 1. The highest BCUT2D eigenvalue weighted by Crippen LogP contribution is 2.13. The fraction of sp³-hybridized carbons (Fsp3) is 0.222. The van der Waals surface area contributed by atoms with Crippen LogP contribution in [0.4, 0.5) is 0 Å². The van der Waals surface area contributed by atoms with Gasteiger partial charge in [0.25, 0.3) is 0 Å². The van der Waals surface area contributed by atoms with E-state index < -0.39 is 0 Å². The summed E-state index contributed by atoms with van der Waals surface area (Å²) in [6, 6.07) is 6.80. The van der Waals surface area contributed by atoms with Gasteiger partial charge in [-0.15, -0.1) is 0 Å². The molecule has 1 rings (SSSR count). The summed E-state index contributed by atoms with van der Waals surface area (Å²) in [5, 5.41) is 8.01. The summed E-state index contributed by atoms with van der Waals surface area (Å²) in [5.41, 5.74) is 0.980. The highest BCUT2D eigenvalue weighted by molar-refractivity contribution is 7.81. The van der Waals surface area contributed by atoms with E-state index in [1.807, 2.05) is 0 Å². The van der Waals surface area contributed by atoms with E-state index in [1.54, 1.807) is 24.3 Å². The maximum atomic E-state index is 10.3. The summed E-state index contributed by atoms with van der Waals surface area (Å²) < 4.78 is 0. The fourth-order valence-corrected chi connectivity index (χ4v) is 1.19. The van der Waals surface area contributed by atoms with Crippen molar-refractivity contribution >= 4 is 18.9 Å². The Morgan fingerprint density at radius 2 is 2.08 bits per heavy atom. The number of aldehydes is 1. The van der Waals surface area contributed by atoms with Gasteiger partial charge in [0.2, 0.25) is 0 Å². The van der Waals surface area contributed by atoms with Gasteiger partial charge in [-0.2, -0.15) is 12.6 Å². The molecule has 0 spiro atoms. The first-order valence-corrected chi connectivity index (χ1v) is 4.31. The Hall–Kier alpha value is -1.00. The van der Waals surface area contributed by atoms with Crippen LogP contribution in [0.1, 0.15) is 5.56 Å². The van der Waals surface area contributed by atoms with Crippen LogP contribution in [0.25, 0.3) is 0 Å². The first kappa shape index (κ1) is 10.1. The Balaban J connectivity index is 2.63. The summed E-state index contributed by atoms with van der Waals surface area (Å²) in [7, 11) is 0. The third kappa shape index (κ3) is 3.08. The lowest BCUT2D eigenvalue weighted by Gasteiger charge is -2.03. The summed E-state index contributed by atoms with van der Waals surface area (Å²) in [6.07, 6.45) is 1.37. The molecule has 0 radical (unpaired) electrons. The summed E-state index contributed by atoms with van der Waals surface area (Å²) >= 11 is 4.04. The van der Waals surface area contributed by atoms with Crippen LogP contribution in [0, 0.1) is 0 Å². The molecule has 0 aromatic heterocycles. The van der Waals surface area contributed by atoms with Crippen molar-refractivity contribution < 1.29 is 14.9 Å². The normalized spacial score (nSPS) is 12.2. The van der Waals surface area contributed by atoms with Crippen LogP contribution in [-0.2, 0) is 11.2 Å². The van der Waals surface area contributed by atoms with Gasteiger partial charge in [-0.25, -0.2) is 5.26 Å².